The van der Waals surface area contributed by atoms with Gasteiger partial charge in [0.25, 0.3) is 0 Å². The predicted molar refractivity (Wildman–Crippen MR) is 56.3 cm³/mol. The van der Waals surface area contributed by atoms with E-state index < -0.39 is 11.7 Å². The molecule has 82 valence electrons. The van der Waals surface area contributed by atoms with Crippen LogP contribution in [0.3, 0.4) is 0 Å². The number of halogens is 4. The van der Waals surface area contributed by atoms with Gasteiger partial charge in [-0.2, -0.15) is 13.2 Å². The van der Waals surface area contributed by atoms with Crippen molar-refractivity contribution >= 4 is 39.1 Å². The zero-order valence-electron chi connectivity index (χ0n) is 7.21. The summed E-state index contributed by atoms with van der Waals surface area (Å²) in [5.41, 5.74) is 5.20. The van der Waals surface area contributed by atoms with Crippen LogP contribution in [0.25, 0.3) is 10.2 Å². The van der Waals surface area contributed by atoms with Crippen LogP contribution in [-0.4, -0.2) is 4.98 Å². The highest BCUT2D eigenvalue weighted by molar-refractivity contribution is 7.22. The van der Waals surface area contributed by atoms with E-state index in [0.717, 1.165) is 23.5 Å². The fourth-order valence-corrected chi connectivity index (χ4v) is 1.89. The summed E-state index contributed by atoms with van der Waals surface area (Å²) < 4.78 is 37.3. The van der Waals surface area contributed by atoms with E-state index in [1.807, 2.05) is 0 Å². The summed E-state index contributed by atoms with van der Waals surface area (Å²) >= 11 is 1.05. The highest BCUT2D eigenvalue weighted by atomic mass is 35.5. The Morgan fingerprint density at radius 1 is 1.27 bits per heavy atom. The van der Waals surface area contributed by atoms with E-state index in [-0.39, 0.29) is 17.5 Å². The lowest BCUT2D eigenvalue weighted by Crippen LogP contribution is -2.03. The largest absolute Gasteiger partial charge is 0.416 e. The van der Waals surface area contributed by atoms with Crippen molar-refractivity contribution in [2.24, 2.45) is 0 Å². The predicted octanol–water partition coefficient (Wildman–Crippen LogP) is 3.32. The summed E-state index contributed by atoms with van der Waals surface area (Å²) in [5, 5.41) is 0.277. The van der Waals surface area contributed by atoms with Crippen LogP contribution >= 0.6 is 23.7 Å². The molecule has 0 saturated carbocycles. The highest BCUT2D eigenvalue weighted by Gasteiger charge is 2.30. The molecule has 7 heteroatoms. The monoisotopic (exact) mass is 254 g/mol. The molecule has 2 N–H and O–H groups in total. The molecular weight excluding hydrogens is 249 g/mol. The molecule has 15 heavy (non-hydrogen) atoms. The van der Waals surface area contributed by atoms with Gasteiger partial charge in [-0.3, -0.25) is 0 Å². The summed E-state index contributed by atoms with van der Waals surface area (Å²) in [4.78, 5) is 3.87. The zero-order valence-corrected chi connectivity index (χ0v) is 8.84. The maximum absolute atomic E-state index is 12.3. The van der Waals surface area contributed by atoms with Crippen LogP contribution in [0.15, 0.2) is 18.2 Å². The van der Waals surface area contributed by atoms with E-state index in [9.17, 15) is 13.2 Å². The van der Waals surface area contributed by atoms with Crippen LogP contribution in [0.5, 0.6) is 0 Å². The number of aromatic nitrogens is 1. The summed E-state index contributed by atoms with van der Waals surface area (Å²) in [5.74, 6) is 0. The summed E-state index contributed by atoms with van der Waals surface area (Å²) in [7, 11) is 0. The maximum Gasteiger partial charge on any atom is 0.416 e. The first-order chi connectivity index (χ1) is 6.47. The molecule has 0 amide bonds. The SMILES string of the molecule is Cl.Nc1nc2ccc(C(F)(F)F)cc2s1. The second kappa shape index (κ2) is 3.86. The van der Waals surface area contributed by atoms with E-state index in [2.05, 4.69) is 4.98 Å². The Hall–Kier alpha value is -1.01. The molecule has 2 aromatic rings. The van der Waals surface area contributed by atoms with Crippen LogP contribution in [0, 0.1) is 0 Å². The van der Waals surface area contributed by atoms with Gasteiger partial charge in [-0.05, 0) is 18.2 Å². The van der Waals surface area contributed by atoms with Crippen molar-refractivity contribution in [2.75, 3.05) is 5.73 Å². The van der Waals surface area contributed by atoms with E-state index in [4.69, 9.17) is 5.73 Å². The number of rotatable bonds is 0. The number of nitrogens with two attached hydrogens (primary N) is 1. The number of hydrogen-bond donors (Lipinski definition) is 1. The van der Waals surface area contributed by atoms with Crippen molar-refractivity contribution in [1.29, 1.82) is 0 Å². The molecule has 0 unspecified atom stereocenters. The summed E-state index contributed by atoms with van der Waals surface area (Å²) in [6.07, 6.45) is -4.31. The number of fused-ring (bicyclic) bond motifs is 1. The average Bonchev–Trinajstić information content (AvgIpc) is 2.41. The average molecular weight is 255 g/mol. The minimum atomic E-state index is -4.31. The first-order valence-corrected chi connectivity index (χ1v) is 4.52. The fraction of sp³-hybridized carbons (Fsp3) is 0.125. The van der Waals surface area contributed by atoms with Crippen molar-refractivity contribution in [3.8, 4) is 0 Å². The molecule has 0 fully saturated rings. The van der Waals surface area contributed by atoms with Crippen molar-refractivity contribution < 1.29 is 13.2 Å². The lowest BCUT2D eigenvalue weighted by molar-refractivity contribution is -0.137. The normalized spacial score (nSPS) is 11.4. The molecular formula is C8H6ClF3N2S. The first kappa shape index (κ1) is 12.1. The number of hydrogen-bond acceptors (Lipinski definition) is 3. The van der Waals surface area contributed by atoms with Gasteiger partial charge in [0.2, 0.25) is 0 Å². The molecule has 0 aliphatic heterocycles. The quantitative estimate of drug-likeness (QED) is 0.783. The second-order valence-electron chi connectivity index (χ2n) is 2.73. The van der Waals surface area contributed by atoms with Crippen molar-refractivity contribution in [3.05, 3.63) is 23.8 Å². The van der Waals surface area contributed by atoms with Gasteiger partial charge in [0.05, 0.1) is 15.8 Å². The van der Waals surface area contributed by atoms with Gasteiger partial charge < -0.3 is 5.73 Å². The smallest absolute Gasteiger partial charge is 0.375 e. The number of nitrogen functional groups attached to an aromatic ring is 1. The van der Waals surface area contributed by atoms with Crippen molar-refractivity contribution in [1.82, 2.24) is 4.98 Å². The molecule has 1 aromatic heterocycles. The Morgan fingerprint density at radius 2 is 1.93 bits per heavy atom. The van der Waals surface area contributed by atoms with E-state index >= 15 is 0 Å². The number of thiazole rings is 1. The lowest BCUT2D eigenvalue weighted by Gasteiger charge is -2.04. The molecule has 1 heterocycles. The van der Waals surface area contributed by atoms with Crippen LogP contribution in [0.1, 0.15) is 5.56 Å². The van der Waals surface area contributed by atoms with E-state index in [0.29, 0.717) is 10.2 Å². The van der Waals surface area contributed by atoms with Gasteiger partial charge in [-0.25, -0.2) is 4.98 Å². The molecule has 0 atom stereocenters. The molecule has 0 radical (unpaired) electrons. The third kappa shape index (κ3) is 2.32. The number of alkyl halides is 3. The lowest BCUT2D eigenvalue weighted by atomic mass is 10.2. The van der Waals surface area contributed by atoms with Crippen LogP contribution < -0.4 is 5.73 Å². The van der Waals surface area contributed by atoms with Gasteiger partial charge in [0.1, 0.15) is 0 Å². The third-order valence-electron chi connectivity index (χ3n) is 1.73. The summed E-state index contributed by atoms with van der Waals surface area (Å²) in [6, 6.07) is 3.38. The molecule has 0 bridgehead atoms. The van der Waals surface area contributed by atoms with Crippen LogP contribution in [-0.2, 0) is 6.18 Å². The first-order valence-electron chi connectivity index (χ1n) is 3.70. The minimum absolute atomic E-state index is 0. The molecule has 0 saturated heterocycles. The van der Waals surface area contributed by atoms with Gasteiger partial charge in [-0.15, -0.1) is 12.4 Å². The number of anilines is 1. The third-order valence-corrected chi connectivity index (χ3v) is 2.58. The Labute approximate surface area is 93.3 Å². The Morgan fingerprint density at radius 3 is 2.53 bits per heavy atom. The molecule has 2 rings (SSSR count). The number of benzene rings is 1. The Balaban J connectivity index is 0.00000112. The van der Waals surface area contributed by atoms with Crippen LogP contribution in [0.4, 0.5) is 18.3 Å². The van der Waals surface area contributed by atoms with Gasteiger partial charge in [0, 0.05) is 0 Å². The zero-order chi connectivity index (χ0) is 10.3. The maximum atomic E-state index is 12.3. The molecule has 1 aromatic carbocycles. The van der Waals surface area contributed by atoms with Crippen LogP contribution in [0.2, 0.25) is 0 Å². The van der Waals surface area contributed by atoms with E-state index in [1.165, 1.54) is 6.07 Å². The molecule has 2 nitrogen and oxygen atoms in total. The molecule has 0 spiro atoms. The topological polar surface area (TPSA) is 38.9 Å². The molecule has 0 aliphatic rings. The Bertz CT molecular complexity index is 480. The Kier molecular flexibility index (Phi) is 3.11. The van der Waals surface area contributed by atoms with Crippen molar-refractivity contribution in [2.45, 2.75) is 6.18 Å². The van der Waals surface area contributed by atoms with E-state index in [1.54, 1.807) is 0 Å². The minimum Gasteiger partial charge on any atom is -0.375 e. The van der Waals surface area contributed by atoms with Gasteiger partial charge >= 0.3 is 6.18 Å². The second-order valence-corrected chi connectivity index (χ2v) is 3.79. The summed E-state index contributed by atoms with van der Waals surface area (Å²) in [6.45, 7) is 0. The standard InChI is InChI=1S/C8H5F3N2S.ClH/c9-8(10,11)4-1-2-5-6(3-4)14-7(12)13-5;/h1-3H,(H2,12,13);1H. The molecule has 0 aliphatic carbocycles. The highest BCUT2D eigenvalue weighted by Crippen LogP contribution is 2.33. The fourth-order valence-electron chi connectivity index (χ4n) is 1.12. The van der Waals surface area contributed by atoms with Crippen molar-refractivity contribution in [3.63, 3.8) is 0 Å². The van der Waals surface area contributed by atoms with Gasteiger partial charge in [0.15, 0.2) is 5.13 Å². The number of nitrogens with zero attached hydrogens (tertiary/aromatic N) is 1. The van der Waals surface area contributed by atoms with Gasteiger partial charge in [-0.1, -0.05) is 11.3 Å².